The Morgan fingerprint density at radius 1 is 1.19 bits per heavy atom. The molecule has 2 N–H and O–H groups in total. The van der Waals surface area contributed by atoms with E-state index in [1.165, 1.54) is 0 Å². The predicted octanol–water partition coefficient (Wildman–Crippen LogP) is 1.58. The van der Waals surface area contributed by atoms with Crippen LogP contribution in [-0.2, 0) is 4.74 Å². The zero-order valence-corrected chi connectivity index (χ0v) is 10.7. The van der Waals surface area contributed by atoms with Crippen LogP contribution in [0.15, 0.2) is 18.2 Å². The minimum Gasteiger partial charge on any atom is -0.486 e. The van der Waals surface area contributed by atoms with Gasteiger partial charge in [-0.1, -0.05) is 23.2 Å². The summed E-state index contributed by atoms with van der Waals surface area (Å²) in [5.41, 5.74) is 0. The van der Waals surface area contributed by atoms with Gasteiger partial charge in [-0.2, -0.15) is 0 Å². The lowest BCUT2D eigenvalue weighted by molar-refractivity contribution is -0.656. The first-order chi connectivity index (χ1) is 7.74. The molecular formula is C11H16Cl2NO2+. The van der Waals surface area contributed by atoms with Crippen LogP contribution in [0.4, 0.5) is 0 Å². The maximum absolute atomic E-state index is 5.95. The molecule has 0 saturated carbocycles. The lowest BCUT2D eigenvalue weighted by Crippen LogP contribution is -2.86. The van der Waals surface area contributed by atoms with Crippen LogP contribution in [0.3, 0.4) is 0 Å². The number of benzene rings is 1. The molecule has 3 nitrogen and oxygen atoms in total. The van der Waals surface area contributed by atoms with Crippen LogP contribution < -0.4 is 10.1 Å². The second-order valence-corrected chi connectivity index (χ2v) is 4.13. The van der Waals surface area contributed by atoms with E-state index in [4.69, 9.17) is 32.7 Å². The average molecular weight is 265 g/mol. The molecule has 0 aliphatic rings. The molecule has 0 atom stereocenters. The van der Waals surface area contributed by atoms with E-state index in [1.54, 1.807) is 25.3 Å². The van der Waals surface area contributed by atoms with E-state index in [0.717, 1.165) is 19.7 Å². The summed E-state index contributed by atoms with van der Waals surface area (Å²) < 4.78 is 10.4. The van der Waals surface area contributed by atoms with E-state index in [-0.39, 0.29) is 0 Å². The van der Waals surface area contributed by atoms with Crippen molar-refractivity contribution in [2.75, 3.05) is 33.4 Å². The smallest absolute Gasteiger partial charge is 0.138 e. The van der Waals surface area contributed by atoms with Gasteiger partial charge in [0.2, 0.25) is 0 Å². The van der Waals surface area contributed by atoms with Gasteiger partial charge in [-0.3, -0.25) is 0 Å². The second kappa shape index (κ2) is 7.74. The monoisotopic (exact) mass is 264 g/mol. The lowest BCUT2D eigenvalue weighted by Gasteiger charge is -2.07. The third kappa shape index (κ3) is 5.03. The minimum atomic E-state index is 0.546. The molecular weight excluding hydrogens is 249 g/mol. The van der Waals surface area contributed by atoms with Crippen molar-refractivity contribution in [2.24, 2.45) is 0 Å². The van der Waals surface area contributed by atoms with Crippen LogP contribution in [0.5, 0.6) is 5.75 Å². The molecule has 5 heteroatoms. The number of hydrogen-bond acceptors (Lipinski definition) is 2. The predicted molar refractivity (Wildman–Crippen MR) is 65.5 cm³/mol. The van der Waals surface area contributed by atoms with Gasteiger partial charge in [-0.05, 0) is 18.2 Å². The summed E-state index contributed by atoms with van der Waals surface area (Å²) in [5.74, 6) is 0.672. The molecule has 0 bridgehead atoms. The highest BCUT2D eigenvalue weighted by Gasteiger charge is 2.02. The van der Waals surface area contributed by atoms with Crippen molar-refractivity contribution in [1.29, 1.82) is 0 Å². The number of quaternary nitrogens is 1. The Morgan fingerprint density at radius 3 is 2.62 bits per heavy atom. The molecule has 1 aromatic rings. The Hall–Kier alpha value is -0.480. The zero-order valence-electron chi connectivity index (χ0n) is 9.21. The van der Waals surface area contributed by atoms with E-state index < -0.39 is 0 Å². The maximum Gasteiger partial charge on any atom is 0.138 e. The molecule has 0 aliphatic carbocycles. The molecule has 0 saturated heterocycles. The minimum absolute atomic E-state index is 0.546. The molecule has 1 rings (SSSR count). The number of nitrogens with two attached hydrogens (primary N) is 1. The Kier molecular flexibility index (Phi) is 6.57. The molecule has 0 heterocycles. The van der Waals surface area contributed by atoms with Crippen molar-refractivity contribution in [2.45, 2.75) is 0 Å². The number of rotatable bonds is 7. The summed E-state index contributed by atoms with van der Waals surface area (Å²) in [6.07, 6.45) is 0. The molecule has 0 radical (unpaired) electrons. The Balaban J connectivity index is 2.21. The standard InChI is InChI=1S/C11H15Cl2NO2/c1-15-6-4-14-5-7-16-11-3-2-9(12)8-10(11)13/h2-3,8,14H,4-7H2,1H3/p+1. The molecule has 0 spiro atoms. The van der Waals surface area contributed by atoms with Crippen molar-refractivity contribution in [3.8, 4) is 5.75 Å². The van der Waals surface area contributed by atoms with Crippen molar-refractivity contribution in [1.82, 2.24) is 0 Å². The second-order valence-electron chi connectivity index (χ2n) is 3.28. The largest absolute Gasteiger partial charge is 0.486 e. The molecule has 0 aliphatic heterocycles. The molecule has 90 valence electrons. The maximum atomic E-state index is 5.95. The molecule has 0 fully saturated rings. The number of methoxy groups -OCH3 is 1. The van der Waals surface area contributed by atoms with Crippen LogP contribution in [0, 0.1) is 0 Å². The van der Waals surface area contributed by atoms with E-state index in [1.807, 2.05) is 0 Å². The molecule has 16 heavy (non-hydrogen) atoms. The van der Waals surface area contributed by atoms with Gasteiger partial charge in [0.25, 0.3) is 0 Å². The Bertz CT molecular complexity index is 321. The lowest BCUT2D eigenvalue weighted by atomic mass is 10.3. The topological polar surface area (TPSA) is 35.1 Å². The summed E-state index contributed by atoms with van der Waals surface area (Å²) in [5, 5.41) is 3.29. The number of halogens is 2. The van der Waals surface area contributed by atoms with Crippen molar-refractivity contribution < 1.29 is 14.8 Å². The van der Waals surface area contributed by atoms with E-state index in [2.05, 4.69) is 5.32 Å². The highest BCUT2D eigenvalue weighted by atomic mass is 35.5. The quantitative estimate of drug-likeness (QED) is 0.760. The molecule has 1 aromatic carbocycles. The summed E-state index contributed by atoms with van der Waals surface area (Å²) in [4.78, 5) is 0. The van der Waals surface area contributed by atoms with Gasteiger partial charge in [-0.25, -0.2) is 0 Å². The fourth-order valence-corrected chi connectivity index (χ4v) is 1.65. The van der Waals surface area contributed by atoms with Crippen molar-refractivity contribution in [3.63, 3.8) is 0 Å². The highest BCUT2D eigenvalue weighted by molar-refractivity contribution is 6.35. The highest BCUT2D eigenvalue weighted by Crippen LogP contribution is 2.27. The van der Waals surface area contributed by atoms with Crippen molar-refractivity contribution in [3.05, 3.63) is 28.2 Å². The third-order valence-electron chi connectivity index (χ3n) is 2.00. The van der Waals surface area contributed by atoms with Gasteiger partial charge >= 0.3 is 0 Å². The van der Waals surface area contributed by atoms with Gasteiger partial charge in [-0.15, -0.1) is 0 Å². The first kappa shape index (κ1) is 13.6. The fourth-order valence-electron chi connectivity index (χ4n) is 1.19. The molecule has 0 aromatic heterocycles. The Labute approximate surface area is 106 Å². The summed E-state index contributed by atoms with van der Waals surface area (Å²) in [6, 6.07) is 5.21. The molecule has 0 amide bonds. The van der Waals surface area contributed by atoms with Gasteiger partial charge in [0.1, 0.15) is 18.9 Å². The van der Waals surface area contributed by atoms with E-state index in [9.17, 15) is 0 Å². The van der Waals surface area contributed by atoms with Gasteiger partial charge in [0, 0.05) is 12.1 Å². The summed E-state index contributed by atoms with van der Waals surface area (Å²) in [6.45, 7) is 3.18. The first-order valence-corrected chi connectivity index (χ1v) is 5.88. The SMILES string of the molecule is COCC[NH2+]CCOc1ccc(Cl)cc1Cl. The normalized spacial score (nSPS) is 10.4. The average Bonchev–Trinajstić information content (AvgIpc) is 2.26. The van der Waals surface area contributed by atoms with Crippen LogP contribution in [0.1, 0.15) is 0 Å². The fraction of sp³-hybridized carbons (Fsp3) is 0.455. The number of hydrogen-bond donors (Lipinski definition) is 1. The van der Waals surface area contributed by atoms with Gasteiger partial charge < -0.3 is 14.8 Å². The van der Waals surface area contributed by atoms with E-state index >= 15 is 0 Å². The zero-order chi connectivity index (χ0) is 11.8. The van der Waals surface area contributed by atoms with Gasteiger partial charge in [0.05, 0.1) is 18.2 Å². The van der Waals surface area contributed by atoms with E-state index in [0.29, 0.717) is 22.4 Å². The summed E-state index contributed by atoms with van der Waals surface area (Å²) in [7, 11) is 1.69. The molecule has 0 unspecified atom stereocenters. The van der Waals surface area contributed by atoms with Gasteiger partial charge in [0.15, 0.2) is 0 Å². The van der Waals surface area contributed by atoms with Crippen LogP contribution in [0.25, 0.3) is 0 Å². The first-order valence-electron chi connectivity index (χ1n) is 5.12. The van der Waals surface area contributed by atoms with Crippen LogP contribution in [0.2, 0.25) is 10.0 Å². The number of ether oxygens (including phenoxy) is 2. The Morgan fingerprint density at radius 2 is 1.94 bits per heavy atom. The van der Waals surface area contributed by atoms with Crippen LogP contribution >= 0.6 is 23.2 Å². The van der Waals surface area contributed by atoms with Crippen molar-refractivity contribution >= 4 is 23.2 Å². The van der Waals surface area contributed by atoms with Crippen LogP contribution in [-0.4, -0.2) is 33.4 Å². The summed E-state index contributed by atoms with van der Waals surface area (Å²) >= 11 is 11.7. The third-order valence-corrected chi connectivity index (χ3v) is 2.53.